The Morgan fingerprint density at radius 1 is 1.15 bits per heavy atom. The number of esters is 1. The van der Waals surface area contributed by atoms with Gasteiger partial charge >= 0.3 is 5.97 Å². The van der Waals surface area contributed by atoms with Gasteiger partial charge in [0.15, 0.2) is 0 Å². The van der Waals surface area contributed by atoms with Gasteiger partial charge in [-0.15, -0.1) is 0 Å². The number of ether oxygens (including phenoxy) is 1. The minimum absolute atomic E-state index is 0.0741. The molecule has 20 heavy (non-hydrogen) atoms. The van der Waals surface area contributed by atoms with E-state index in [0.29, 0.717) is 0 Å². The molecule has 1 saturated heterocycles. The van der Waals surface area contributed by atoms with Crippen LogP contribution < -0.4 is 5.32 Å². The van der Waals surface area contributed by atoms with Gasteiger partial charge in [0.05, 0.1) is 13.7 Å². The van der Waals surface area contributed by atoms with E-state index in [2.05, 4.69) is 5.32 Å². The largest absolute Gasteiger partial charge is 0.468 e. The summed E-state index contributed by atoms with van der Waals surface area (Å²) in [5, 5.41) is 3.06. The van der Waals surface area contributed by atoms with E-state index in [4.69, 9.17) is 4.74 Å². The smallest absolute Gasteiger partial charge is 0.323 e. The van der Waals surface area contributed by atoms with E-state index in [1.807, 2.05) is 25.7 Å². The summed E-state index contributed by atoms with van der Waals surface area (Å²) in [4.78, 5) is 25.9. The van der Waals surface area contributed by atoms with Crippen LogP contribution in [0.3, 0.4) is 0 Å². The maximum atomic E-state index is 12.2. The molecule has 1 rings (SSSR count). The van der Waals surface area contributed by atoms with Gasteiger partial charge in [-0.2, -0.15) is 0 Å². The summed E-state index contributed by atoms with van der Waals surface area (Å²) in [5.41, 5.74) is -0.286. The summed E-state index contributed by atoms with van der Waals surface area (Å²) in [6.07, 6.45) is 4.55. The van der Waals surface area contributed by atoms with E-state index < -0.39 is 6.04 Å². The number of rotatable bonds is 4. The Morgan fingerprint density at radius 2 is 1.70 bits per heavy atom. The van der Waals surface area contributed by atoms with Gasteiger partial charge in [0.25, 0.3) is 0 Å². The fourth-order valence-corrected chi connectivity index (χ4v) is 2.48. The zero-order valence-corrected chi connectivity index (χ0v) is 13.2. The molecule has 0 aromatic carbocycles. The molecule has 0 aromatic rings. The molecular formula is C15H28N2O3. The van der Waals surface area contributed by atoms with Gasteiger partial charge < -0.3 is 9.64 Å². The highest BCUT2D eigenvalue weighted by atomic mass is 16.5. The monoisotopic (exact) mass is 284 g/mol. The second-order valence-electron chi connectivity index (χ2n) is 6.50. The number of carbonyl (C=O) groups excluding carboxylic acids is 2. The van der Waals surface area contributed by atoms with E-state index in [-0.39, 0.29) is 23.8 Å². The lowest BCUT2D eigenvalue weighted by Gasteiger charge is -2.30. The highest BCUT2D eigenvalue weighted by Gasteiger charge is 2.32. The standard InChI is InChI=1S/C15H28N2O3/c1-15(2,3)13(14(19)20-4)16-11-12(18)17-9-7-5-6-8-10-17/h13,16H,5-11H2,1-4H3/t13-/m1/s1. The first-order valence-corrected chi connectivity index (χ1v) is 7.45. The van der Waals surface area contributed by atoms with Crippen LogP contribution in [0, 0.1) is 5.41 Å². The lowest BCUT2D eigenvalue weighted by atomic mass is 9.87. The Kier molecular flexibility index (Phi) is 6.46. The normalized spacial score (nSPS) is 18.3. The SMILES string of the molecule is COC(=O)[C@@H](NCC(=O)N1CCCCCC1)C(C)(C)C. The van der Waals surface area contributed by atoms with Crippen LogP contribution in [0.25, 0.3) is 0 Å². The molecule has 0 saturated carbocycles. The van der Waals surface area contributed by atoms with Crippen LogP contribution in [0.4, 0.5) is 0 Å². The first-order chi connectivity index (χ1) is 9.36. The predicted octanol–water partition coefficient (Wildman–Crippen LogP) is 1.57. The van der Waals surface area contributed by atoms with Gasteiger partial charge in [0.1, 0.15) is 6.04 Å². The molecule has 0 radical (unpaired) electrons. The highest BCUT2D eigenvalue weighted by molar-refractivity contribution is 5.81. The fraction of sp³-hybridized carbons (Fsp3) is 0.867. The Balaban J connectivity index is 2.53. The van der Waals surface area contributed by atoms with Gasteiger partial charge in [-0.3, -0.25) is 14.9 Å². The Morgan fingerprint density at radius 3 is 2.15 bits per heavy atom. The second-order valence-corrected chi connectivity index (χ2v) is 6.50. The third kappa shape index (κ3) is 5.12. The van der Waals surface area contributed by atoms with E-state index in [0.717, 1.165) is 25.9 Å². The van der Waals surface area contributed by atoms with E-state index in [1.165, 1.54) is 20.0 Å². The molecule has 1 atom stereocenters. The van der Waals surface area contributed by atoms with Crippen molar-refractivity contribution in [3.8, 4) is 0 Å². The van der Waals surface area contributed by atoms with Gasteiger partial charge in [0, 0.05) is 13.1 Å². The molecule has 1 aliphatic rings. The number of nitrogens with one attached hydrogen (secondary N) is 1. The van der Waals surface area contributed by atoms with Crippen molar-refractivity contribution in [2.24, 2.45) is 5.41 Å². The van der Waals surface area contributed by atoms with Crippen LogP contribution in [0.15, 0.2) is 0 Å². The number of methoxy groups -OCH3 is 1. The lowest BCUT2D eigenvalue weighted by Crippen LogP contribution is -2.51. The van der Waals surface area contributed by atoms with Crippen LogP contribution in [-0.4, -0.2) is 49.6 Å². The molecule has 0 spiro atoms. The molecule has 116 valence electrons. The minimum atomic E-state index is -0.469. The van der Waals surface area contributed by atoms with Crippen LogP contribution in [0.1, 0.15) is 46.5 Å². The number of amides is 1. The number of nitrogens with zero attached hydrogens (tertiary/aromatic N) is 1. The van der Waals surface area contributed by atoms with Crippen molar-refractivity contribution in [1.82, 2.24) is 10.2 Å². The number of likely N-dealkylation sites (tertiary alicyclic amines) is 1. The Bertz CT molecular complexity index is 329. The van der Waals surface area contributed by atoms with E-state index >= 15 is 0 Å². The van der Waals surface area contributed by atoms with Crippen molar-refractivity contribution < 1.29 is 14.3 Å². The third-order valence-corrected chi connectivity index (χ3v) is 3.72. The van der Waals surface area contributed by atoms with Crippen LogP contribution >= 0.6 is 0 Å². The molecule has 1 N–H and O–H groups in total. The van der Waals surface area contributed by atoms with Gasteiger partial charge in [-0.1, -0.05) is 33.6 Å². The Labute approximate surface area is 122 Å². The molecule has 1 fully saturated rings. The number of carbonyl (C=O) groups is 2. The zero-order chi connectivity index (χ0) is 15.2. The van der Waals surface area contributed by atoms with Crippen molar-refractivity contribution in [3.63, 3.8) is 0 Å². The van der Waals surface area contributed by atoms with E-state index in [1.54, 1.807) is 0 Å². The molecule has 0 bridgehead atoms. The van der Waals surface area contributed by atoms with Crippen molar-refractivity contribution >= 4 is 11.9 Å². The summed E-state index contributed by atoms with van der Waals surface area (Å²) in [6, 6.07) is -0.469. The van der Waals surface area contributed by atoms with Crippen LogP contribution in [-0.2, 0) is 14.3 Å². The van der Waals surface area contributed by atoms with Gasteiger partial charge in [0.2, 0.25) is 5.91 Å². The summed E-state index contributed by atoms with van der Waals surface area (Å²) in [7, 11) is 1.37. The molecule has 1 aliphatic heterocycles. The summed E-state index contributed by atoms with van der Waals surface area (Å²) < 4.78 is 4.81. The molecule has 1 amide bonds. The quantitative estimate of drug-likeness (QED) is 0.796. The maximum Gasteiger partial charge on any atom is 0.323 e. The first-order valence-electron chi connectivity index (χ1n) is 7.45. The third-order valence-electron chi connectivity index (χ3n) is 3.72. The second kappa shape index (κ2) is 7.62. The number of hydrogen-bond donors (Lipinski definition) is 1. The van der Waals surface area contributed by atoms with E-state index in [9.17, 15) is 9.59 Å². The summed E-state index contributed by atoms with van der Waals surface area (Å²) >= 11 is 0. The minimum Gasteiger partial charge on any atom is -0.468 e. The maximum absolute atomic E-state index is 12.2. The first kappa shape index (κ1) is 17.0. The number of hydrogen-bond acceptors (Lipinski definition) is 4. The molecule has 5 nitrogen and oxygen atoms in total. The lowest BCUT2D eigenvalue weighted by molar-refractivity contribution is -0.146. The van der Waals surface area contributed by atoms with Crippen LogP contribution in [0.2, 0.25) is 0 Å². The van der Waals surface area contributed by atoms with Crippen LogP contribution in [0.5, 0.6) is 0 Å². The molecular weight excluding hydrogens is 256 g/mol. The van der Waals surface area contributed by atoms with Crippen molar-refractivity contribution in [2.75, 3.05) is 26.7 Å². The highest BCUT2D eigenvalue weighted by Crippen LogP contribution is 2.20. The zero-order valence-electron chi connectivity index (χ0n) is 13.2. The van der Waals surface area contributed by atoms with Gasteiger partial charge in [-0.05, 0) is 18.3 Å². The van der Waals surface area contributed by atoms with Crippen molar-refractivity contribution in [3.05, 3.63) is 0 Å². The average molecular weight is 284 g/mol. The molecule has 0 aromatic heterocycles. The summed E-state index contributed by atoms with van der Waals surface area (Å²) in [5.74, 6) is -0.244. The average Bonchev–Trinajstić information content (AvgIpc) is 2.65. The van der Waals surface area contributed by atoms with Gasteiger partial charge in [-0.25, -0.2) is 0 Å². The predicted molar refractivity (Wildman–Crippen MR) is 78.3 cm³/mol. The molecule has 1 heterocycles. The van der Waals surface area contributed by atoms with Crippen molar-refractivity contribution in [1.29, 1.82) is 0 Å². The fourth-order valence-electron chi connectivity index (χ4n) is 2.48. The summed E-state index contributed by atoms with van der Waals surface area (Å²) in [6.45, 7) is 7.73. The molecule has 5 heteroatoms. The topological polar surface area (TPSA) is 58.6 Å². The Hall–Kier alpha value is -1.10. The van der Waals surface area contributed by atoms with Crippen molar-refractivity contribution in [2.45, 2.75) is 52.5 Å². The molecule has 0 unspecified atom stereocenters. The molecule has 0 aliphatic carbocycles.